The minimum absolute atomic E-state index is 0.0139. The van der Waals surface area contributed by atoms with E-state index in [-0.39, 0.29) is 17.9 Å². The van der Waals surface area contributed by atoms with E-state index in [2.05, 4.69) is 20.4 Å². The van der Waals surface area contributed by atoms with E-state index in [1.807, 2.05) is 11.8 Å². The van der Waals surface area contributed by atoms with Gasteiger partial charge in [0, 0.05) is 38.4 Å². The molecule has 2 aromatic rings. The van der Waals surface area contributed by atoms with Gasteiger partial charge in [-0.15, -0.1) is 0 Å². The van der Waals surface area contributed by atoms with Gasteiger partial charge >= 0.3 is 0 Å². The molecule has 0 saturated carbocycles. The fraction of sp³-hybridized carbons (Fsp3) is 0.556. The normalized spacial score (nSPS) is 23.0. The number of hydrogen-bond donors (Lipinski definition) is 1. The van der Waals surface area contributed by atoms with Gasteiger partial charge in [-0.05, 0) is 31.7 Å². The van der Waals surface area contributed by atoms with Gasteiger partial charge in [0.2, 0.25) is 5.91 Å². The Morgan fingerprint density at radius 2 is 2.15 bits per heavy atom. The van der Waals surface area contributed by atoms with E-state index < -0.39 is 0 Å². The zero-order chi connectivity index (χ0) is 17.8. The molecule has 5 rings (SSSR count). The number of hydrogen-bond acceptors (Lipinski definition) is 6. The first-order valence-electron chi connectivity index (χ1n) is 9.22. The lowest BCUT2D eigenvalue weighted by molar-refractivity contribution is -0.131. The molecular formula is C18H21N5O3. The van der Waals surface area contributed by atoms with Crippen molar-refractivity contribution >= 4 is 22.9 Å². The van der Waals surface area contributed by atoms with Gasteiger partial charge in [-0.3, -0.25) is 14.5 Å². The van der Waals surface area contributed by atoms with Gasteiger partial charge in [0.15, 0.2) is 0 Å². The highest BCUT2D eigenvalue weighted by Gasteiger charge is 2.38. The van der Waals surface area contributed by atoms with Crippen LogP contribution in [-0.2, 0) is 17.6 Å². The van der Waals surface area contributed by atoms with Gasteiger partial charge in [0.25, 0.3) is 11.6 Å². The summed E-state index contributed by atoms with van der Waals surface area (Å²) in [5, 5.41) is 7.65. The number of nitrogens with zero attached hydrogens (tertiary/aromatic N) is 4. The van der Waals surface area contributed by atoms with E-state index in [4.69, 9.17) is 4.52 Å². The molecule has 1 N–H and O–H groups in total. The van der Waals surface area contributed by atoms with Crippen molar-refractivity contribution in [3.8, 4) is 0 Å². The van der Waals surface area contributed by atoms with E-state index in [0.29, 0.717) is 36.6 Å². The quantitative estimate of drug-likeness (QED) is 0.790. The van der Waals surface area contributed by atoms with Crippen LogP contribution in [0.1, 0.15) is 33.7 Å². The van der Waals surface area contributed by atoms with Gasteiger partial charge in [0.1, 0.15) is 6.04 Å². The van der Waals surface area contributed by atoms with Crippen LogP contribution in [0.25, 0.3) is 11.1 Å². The van der Waals surface area contributed by atoms with Gasteiger partial charge in [-0.25, -0.2) is 4.98 Å². The highest BCUT2D eigenvalue weighted by molar-refractivity contribution is 6.08. The number of aromatic nitrogens is 2. The van der Waals surface area contributed by atoms with Crippen molar-refractivity contribution in [2.75, 3.05) is 32.7 Å². The molecule has 2 aromatic heterocycles. The van der Waals surface area contributed by atoms with Gasteiger partial charge in [0.05, 0.1) is 16.6 Å². The number of amides is 2. The van der Waals surface area contributed by atoms with Crippen molar-refractivity contribution in [1.82, 2.24) is 25.3 Å². The summed E-state index contributed by atoms with van der Waals surface area (Å²) < 4.78 is 5.35. The molecule has 2 saturated heterocycles. The highest BCUT2D eigenvalue weighted by Crippen LogP contribution is 2.33. The molecule has 1 atom stereocenters. The Hall–Kier alpha value is -2.48. The molecule has 0 radical (unpaired) electrons. The summed E-state index contributed by atoms with van der Waals surface area (Å²) >= 11 is 0. The van der Waals surface area contributed by atoms with Gasteiger partial charge in [-0.2, -0.15) is 0 Å². The number of rotatable bonds is 1. The van der Waals surface area contributed by atoms with E-state index in [9.17, 15) is 9.59 Å². The second kappa shape index (κ2) is 5.77. The van der Waals surface area contributed by atoms with Crippen molar-refractivity contribution in [3.63, 3.8) is 0 Å². The second-order valence-corrected chi connectivity index (χ2v) is 7.31. The van der Waals surface area contributed by atoms with Crippen LogP contribution in [0, 0.1) is 6.92 Å². The number of carbonyl (C=O) groups excluding carboxylic acids is 2. The van der Waals surface area contributed by atoms with Crippen LogP contribution in [-0.4, -0.2) is 70.5 Å². The molecule has 3 aliphatic rings. The predicted octanol–water partition coefficient (Wildman–Crippen LogP) is 0.276. The van der Waals surface area contributed by atoms with Gasteiger partial charge < -0.3 is 14.7 Å². The number of nitrogens with one attached hydrogen (secondary N) is 1. The molecule has 0 bridgehead atoms. The summed E-state index contributed by atoms with van der Waals surface area (Å²) in [7, 11) is 0. The molecule has 2 aliphatic heterocycles. The predicted molar refractivity (Wildman–Crippen MR) is 92.8 cm³/mol. The van der Waals surface area contributed by atoms with Crippen LogP contribution in [0.3, 0.4) is 0 Å². The number of fused-ring (bicyclic) bond motifs is 3. The first-order valence-corrected chi connectivity index (χ1v) is 9.22. The summed E-state index contributed by atoms with van der Waals surface area (Å²) in [4.78, 5) is 34.3. The molecule has 0 spiro atoms. The highest BCUT2D eigenvalue weighted by atomic mass is 16.5. The SMILES string of the molecule is Cc1noc2nc3c(c(C(=O)N4CCN5CCNC(=O)[C@H]5C4)c12)CCC3. The summed E-state index contributed by atoms with van der Waals surface area (Å²) in [6, 6.07) is -0.254. The monoisotopic (exact) mass is 355 g/mol. The fourth-order valence-corrected chi connectivity index (χ4v) is 4.47. The Morgan fingerprint density at radius 3 is 3.04 bits per heavy atom. The van der Waals surface area contributed by atoms with Crippen LogP contribution in [0.5, 0.6) is 0 Å². The maximum absolute atomic E-state index is 13.5. The maximum atomic E-state index is 13.5. The number of piperazine rings is 2. The zero-order valence-electron chi connectivity index (χ0n) is 14.7. The lowest BCUT2D eigenvalue weighted by Gasteiger charge is -2.43. The Bertz CT molecular complexity index is 921. The third kappa shape index (κ3) is 2.25. The standard InChI is InChI=1S/C18H21N5O3/c1-10-14-15(11-3-2-4-12(11)20-17(14)26-21-10)18(25)23-8-7-22-6-5-19-16(24)13(22)9-23/h13H,2-9H2,1H3,(H,19,24)/t13-/m1/s1. The number of pyridine rings is 1. The van der Waals surface area contributed by atoms with Crippen LogP contribution in [0.4, 0.5) is 0 Å². The molecule has 8 heteroatoms. The minimum Gasteiger partial charge on any atom is -0.353 e. The van der Waals surface area contributed by atoms with E-state index in [1.165, 1.54) is 0 Å². The molecule has 2 amide bonds. The van der Waals surface area contributed by atoms with E-state index in [0.717, 1.165) is 49.0 Å². The minimum atomic E-state index is -0.254. The van der Waals surface area contributed by atoms with Crippen molar-refractivity contribution in [3.05, 3.63) is 22.5 Å². The van der Waals surface area contributed by atoms with Crippen LogP contribution in [0.15, 0.2) is 4.52 Å². The summed E-state index contributed by atoms with van der Waals surface area (Å²) in [5.41, 5.74) is 3.81. The van der Waals surface area contributed by atoms with Crippen LogP contribution >= 0.6 is 0 Å². The molecule has 1 aliphatic carbocycles. The molecular weight excluding hydrogens is 334 g/mol. The van der Waals surface area contributed by atoms with Crippen LogP contribution in [0.2, 0.25) is 0 Å². The number of aryl methyl sites for hydroxylation is 2. The molecule has 26 heavy (non-hydrogen) atoms. The second-order valence-electron chi connectivity index (χ2n) is 7.31. The van der Waals surface area contributed by atoms with Crippen molar-refractivity contribution in [2.24, 2.45) is 0 Å². The van der Waals surface area contributed by atoms with E-state index in [1.54, 1.807) is 0 Å². The largest absolute Gasteiger partial charge is 0.353 e. The first-order chi connectivity index (χ1) is 12.6. The third-order valence-electron chi connectivity index (χ3n) is 5.81. The average Bonchev–Trinajstić information content (AvgIpc) is 3.26. The van der Waals surface area contributed by atoms with Crippen molar-refractivity contribution in [2.45, 2.75) is 32.2 Å². The number of carbonyl (C=O) groups is 2. The summed E-state index contributed by atoms with van der Waals surface area (Å²) in [6.45, 7) is 5.15. The first kappa shape index (κ1) is 15.7. The van der Waals surface area contributed by atoms with Crippen molar-refractivity contribution < 1.29 is 14.1 Å². The fourth-order valence-electron chi connectivity index (χ4n) is 4.47. The smallest absolute Gasteiger partial charge is 0.259 e. The Balaban J connectivity index is 1.55. The molecule has 136 valence electrons. The van der Waals surface area contributed by atoms with E-state index >= 15 is 0 Å². The van der Waals surface area contributed by atoms with Crippen molar-refractivity contribution in [1.29, 1.82) is 0 Å². The molecule has 0 aromatic carbocycles. The zero-order valence-corrected chi connectivity index (χ0v) is 14.7. The Labute approximate surface area is 150 Å². The lowest BCUT2D eigenvalue weighted by Crippen LogP contribution is -2.64. The third-order valence-corrected chi connectivity index (χ3v) is 5.81. The maximum Gasteiger partial charge on any atom is 0.259 e. The Morgan fingerprint density at radius 1 is 1.27 bits per heavy atom. The lowest BCUT2D eigenvalue weighted by atomic mass is 10.00. The average molecular weight is 355 g/mol. The molecule has 2 fully saturated rings. The molecule has 8 nitrogen and oxygen atoms in total. The molecule has 4 heterocycles. The van der Waals surface area contributed by atoms with Gasteiger partial charge in [-0.1, -0.05) is 5.16 Å². The molecule has 0 unspecified atom stereocenters. The van der Waals surface area contributed by atoms with Crippen LogP contribution < -0.4 is 5.32 Å². The topological polar surface area (TPSA) is 91.6 Å². The summed E-state index contributed by atoms with van der Waals surface area (Å²) in [6.07, 6.45) is 2.72. The summed E-state index contributed by atoms with van der Waals surface area (Å²) in [5.74, 6) is -0.0140. The Kier molecular flexibility index (Phi) is 3.49.